The van der Waals surface area contributed by atoms with Crippen LogP contribution in [0, 0.1) is 5.92 Å². The minimum Gasteiger partial charge on any atom is -0.320 e. The summed E-state index contributed by atoms with van der Waals surface area (Å²) < 4.78 is 36.5. The van der Waals surface area contributed by atoms with Crippen LogP contribution in [-0.2, 0) is 0 Å². The highest BCUT2D eigenvalue weighted by atomic mass is 19.4. The van der Waals surface area contributed by atoms with E-state index in [1.807, 2.05) is 0 Å². The first-order chi connectivity index (χ1) is 6.50. The molecule has 1 aliphatic carbocycles. The van der Waals surface area contributed by atoms with E-state index in [-0.39, 0.29) is 12.3 Å². The largest absolute Gasteiger partial charge is 0.403 e. The highest BCUT2D eigenvalue weighted by molar-refractivity contribution is 4.76. The van der Waals surface area contributed by atoms with E-state index in [4.69, 9.17) is 5.73 Å². The predicted octanol–water partition coefficient (Wildman–Crippen LogP) is 3.24. The van der Waals surface area contributed by atoms with Crippen LogP contribution in [0.2, 0.25) is 0 Å². The Balaban J connectivity index is 2.34. The van der Waals surface area contributed by atoms with E-state index in [1.165, 1.54) is 0 Å². The summed E-state index contributed by atoms with van der Waals surface area (Å²) in [6.45, 7) is 0. The molecule has 0 bridgehead atoms. The summed E-state index contributed by atoms with van der Waals surface area (Å²) in [5.74, 6) is 0.189. The number of hydrogen-bond donors (Lipinski definition) is 1. The van der Waals surface area contributed by atoms with E-state index >= 15 is 0 Å². The van der Waals surface area contributed by atoms with Gasteiger partial charge in [-0.2, -0.15) is 13.2 Å². The van der Waals surface area contributed by atoms with Gasteiger partial charge in [0.25, 0.3) is 0 Å². The van der Waals surface area contributed by atoms with Gasteiger partial charge in [-0.15, -0.1) is 0 Å². The minimum absolute atomic E-state index is 0.115. The van der Waals surface area contributed by atoms with Crippen LogP contribution < -0.4 is 5.73 Å². The molecule has 0 spiro atoms. The van der Waals surface area contributed by atoms with Crippen LogP contribution in [0.1, 0.15) is 44.9 Å². The molecule has 0 saturated heterocycles. The second-order valence-electron chi connectivity index (χ2n) is 4.24. The Bertz CT molecular complexity index is 159. The molecule has 0 aromatic heterocycles. The molecule has 0 aromatic rings. The topological polar surface area (TPSA) is 26.0 Å². The zero-order valence-electron chi connectivity index (χ0n) is 8.32. The number of rotatable bonds is 2. The second-order valence-corrected chi connectivity index (χ2v) is 4.24. The van der Waals surface area contributed by atoms with Crippen molar-refractivity contribution in [2.75, 3.05) is 0 Å². The van der Waals surface area contributed by atoms with Crippen LogP contribution in [0.3, 0.4) is 0 Å². The second kappa shape index (κ2) is 5.01. The van der Waals surface area contributed by atoms with Crippen LogP contribution in [0.4, 0.5) is 13.2 Å². The molecule has 84 valence electrons. The van der Waals surface area contributed by atoms with Crippen molar-refractivity contribution >= 4 is 0 Å². The van der Waals surface area contributed by atoms with Gasteiger partial charge in [-0.3, -0.25) is 0 Å². The van der Waals surface area contributed by atoms with Gasteiger partial charge in [0.2, 0.25) is 0 Å². The van der Waals surface area contributed by atoms with E-state index in [9.17, 15) is 13.2 Å². The third-order valence-corrected chi connectivity index (χ3v) is 2.98. The fraction of sp³-hybridized carbons (Fsp3) is 1.00. The molecule has 0 heterocycles. The summed E-state index contributed by atoms with van der Waals surface area (Å²) in [7, 11) is 0. The highest BCUT2D eigenvalue weighted by Gasteiger charge is 2.37. The minimum atomic E-state index is -4.22. The smallest absolute Gasteiger partial charge is 0.320 e. The maximum Gasteiger partial charge on any atom is 0.403 e. The van der Waals surface area contributed by atoms with Crippen LogP contribution in [0.15, 0.2) is 0 Å². The lowest BCUT2D eigenvalue weighted by Crippen LogP contribution is -2.38. The Labute approximate surface area is 82.9 Å². The molecular weight excluding hydrogens is 191 g/mol. The average Bonchev–Trinajstić information content (AvgIpc) is 2.31. The zero-order chi connectivity index (χ0) is 10.6. The molecule has 14 heavy (non-hydrogen) atoms. The maximum atomic E-state index is 12.2. The fourth-order valence-electron chi connectivity index (χ4n) is 2.09. The first kappa shape index (κ1) is 11.8. The summed E-state index contributed by atoms with van der Waals surface area (Å²) in [6.07, 6.45) is 2.20. The van der Waals surface area contributed by atoms with E-state index in [0.717, 1.165) is 38.5 Å². The molecule has 1 atom stereocenters. The third kappa shape index (κ3) is 3.86. The predicted molar refractivity (Wildman–Crippen MR) is 49.8 cm³/mol. The van der Waals surface area contributed by atoms with Crippen LogP contribution >= 0.6 is 0 Å². The van der Waals surface area contributed by atoms with Crippen molar-refractivity contribution in [3.05, 3.63) is 0 Å². The molecule has 4 heteroatoms. The Morgan fingerprint density at radius 3 is 2.00 bits per heavy atom. The molecular formula is C10H18F3N. The molecule has 1 aliphatic rings. The number of alkyl halides is 3. The van der Waals surface area contributed by atoms with Gasteiger partial charge in [0.05, 0.1) is 0 Å². The molecule has 1 unspecified atom stereocenters. The van der Waals surface area contributed by atoms with Gasteiger partial charge in [0.1, 0.15) is 6.04 Å². The van der Waals surface area contributed by atoms with Gasteiger partial charge in [0.15, 0.2) is 0 Å². The van der Waals surface area contributed by atoms with Crippen molar-refractivity contribution in [1.82, 2.24) is 0 Å². The van der Waals surface area contributed by atoms with Crippen molar-refractivity contribution < 1.29 is 13.2 Å². The molecule has 0 aromatic carbocycles. The lowest BCUT2D eigenvalue weighted by Gasteiger charge is -2.21. The van der Waals surface area contributed by atoms with Gasteiger partial charge in [-0.25, -0.2) is 0 Å². The summed E-state index contributed by atoms with van der Waals surface area (Å²) in [6, 6.07) is -1.62. The van der Waals surface area contributed by atoms with E-state index in [1.54, 1.807) is 0 Å². The quantitative estimate of drug-likeness (QED) is 0.694. The summed E-state index contributed by atoms with van der Waals surface area (Å²) >= 11 is 0. The Kier molecular flexibility index (Phi) is 4.23. The molecule has 1 fully saturated rings. The van der Waals surface area contributed by atoms with Gasteiger partial charge in [0, 0.05) is 0 Å². The van der Waals surface area contributed by atoms with Gasteiger partial charge < -0.3 is 5.73 Å². The van der Waals surface area contributed by atoms with Gasteiger partial charge in [-0.05, 0) is 12.3 Å². The number of halogens is 3. The molecule has 1 rings (SSSR count). The SMILES string of the molecule is NC(CC1CCCCCC1)C(F)(F)F. The third-order valence-electron chi connectivity index (χ3n) is 2.98. The van der Waals surface area contributed by atoms with Crippen LogP contribution in [0.25, 0.3) is 0 Å². The van der Waals surface area contributed by atoms with Gasteiger partial charge in [-0.1, -0.05) is 38.5 Å². The lowest BCUT2D eigenvalue weighted by molar-refractivity contribution is -0.151. The molecule has 0 radical (unpaired) electrons. The van der Waals surface area contributed by atoms with E-state index in [2.05, 4.69) is 0 Å². The molecule has 0 amide bonds. The molecule has 1 nitrogen and oxygen atoms in total. The van der Waals surface area contributed by atoms with E-state index in [0.29, 0.717) is 0 Å². The fourth-order valence-corrected chi connectivity index (χ4v) is 2.09. The van der Waals surface area contributed by atoms with Crippen LogP contribution in [-0.4, -0.2) is 12.2 Å². The monoisotopic (exact) mass is 209 g/mol. The molecule has 2 N–H and O–H groups in total. The summed E-state index contributed by atoms with van der Waals surface area (Å²) in [4.78, 5) is 0. The normalized spacial score (nSPS) is 23.1. The van der Waals surface area contributed by atoms with Crippen molar-refractivity contribution in [2.45, 2.75) is 57.2 Å². The maximum absolute atomic E-state index is 12.2. The van der Waals surface area contributed by atoms with Crippen molar-refractivity contribution in [1.29, 1.82) is 0 Å². The first-order valence-electron chi connectivity index (χ1n) is 5.32. The lowest BCUT2D eigenvalue weighted by atomic mass is 9.93. The summed E-state index contributed by atoms with van der Waals surface area (Å²) in [5.41, 5.74) is 5.11. The average molecular weight is 209 g/mol. The zero-order valence-corrected chi connectivity index (χ0v) is 8.32. The standard InChI is InChI=1S/C10H18F3N/c11-10(12,13)9(14)7-8-5-3-1-2-4-6-8/h8-9H,1-7,14H2. The molecule has 0 aliphatic heterocycles. The first-order valence-corrected chi connectivity index (χ1v) is 5.32. The highest BCUT2D eigenvalue weighted by Crippen LogP contribution is 2.30. The van der Waals surface area contributed by atoms with Gasteiger partial charge >= 0.3 is 6.18 Å². The number of hydrogen-bond acceptors (Lipinski definition) is 1. The summed E-state index contributed by atoms with van der Waals surface area (Å²) in [5, 5.41) is 0. The Hall–Kier alpha value is -0.250. The van der Waals surface area contributed by atoms with E-state index < -0.39 is 12.2 Å². The Morgan fingerprint density at radius 1 is 1.07 bits per heavy atom. The van der Waals surface area contributed by atoms with Crippen molar-refractivity contribution in [3.63, 3.8) is 0 Å². The van der Waals surface area contributed by atoms with Crippen LogP contribution in [0.5, 0.6) is 0 Å². The number of nitrogens with two attached hydrogens (primary N) is 1. The Morgan fingerprint density at radius 2 is 1.57 bits per heavy atom. The van der Waals surface area contributed by atoms with Crippen molar-refractivity contribution in [2.24, 2.45) is 11.7 Å². The van der Waals surface area contributed by atoms with Crippen molar-refractivity contribution in [3.8, 4) is 0 Å². The molecule has 1 saturated carbocycles.